The van der Waals surface area contributed by atoms with Gasteiger partial charge in [-0.25, -0.2) is 0 Å². The molecular formula is C19H29NO2. The van der Waals surface area contributed by atoms with Crippen LogP contribution in [0.25, 0.3) is 0 Å². The number of allylic oxidation sites excluding steroid dienone is 2. The second kappa shape index (κ2) is 8.23. The van der Waals surface area contributed by atoms with Gasteiger partial charge in [0.2, 0.25) is 0 Å². The molecule has 0 saturated heterocycles. The van der Waals surface area contributed by atoms with E-state index >= 15 is 0 Å². The Morgan fingerprint density at radius 3 is 2.82 bits per heavy atom. The fourth-order valence-corrected chi connectivity index (χ4v) is 3.39. The van der Waals surface area contributed by atoms with Gasteiger partial charge in [0.05, 0.1) is 0 Å². The molecule has 0 saturated carbocycles. The molecule has 0 aliphatic heterocycles. The van der Waals surface area contributed by atoms with Gasteiger partial charge in [-0.2, -0.15) is 5.48 Å². The first-order valence-electron chi connectivity index (χ1n) is 8.52. The van der Waals surface area contributed by atoms with Crippen molar-refractivity contribution in [1.29, 1.82) is 0 Å². The predicted octanol–water partition coefficient (Wildman–Crippen LogP) is 4.85. The third-order valence-electron chi connectivity index (χ3n) is 4.42. The van der Waals surface area contributed by atoms with Gasteiger partial charge in [-0.1, -0.05) is 31.4 Å². The highest BCUT2D eigenvalue weighted by molar-refractivity contribution is 5.50. The molecule has 2 rings (SSSR count). The van der Waals surface area contributed by atoms with Crippen LogP contribution in [0.2, 0.25) is 0 Å². The van der Waals surface area contributed by atoms with Crippen LogP contribution in [-0.2, 0) is 6.42 Å². The number of rotatable bonds is 7. The minimum Gasteiger partial charge on any atom is -0.508 e. The first-order chi connectivity index (χ1) is 10.7. The van der Waals surface area contributed by atoms with Crippen LogP contribution in [0.3, 0.4) is 0 Å². The van der Waals surface area contributed by atoms with Crippen molar-refractivity contribution in [3.05, 3.63) is 34.9 Å². The molecule has 3 nitrogen and oxygen atoms in total. The van der Waals surface area contributed by atoms with Crippen molar-refractivity contribution in [2.45, 2.75) is 64.7 Å². The normalized spacial score (nSPS) is 18.1. The molecule has 0 spiro atoms. The van der Waals surface area contributed by atoms with E-state index in [9.17, 15) is 5.11 Å². The van der Waals surface area contributed by atoms with E-state index < -0.39 is 0 Å². The van der Waals surface area contributed by atoms with Crippen LogP contribution >= 0.6 is 0 Å². The lowest BCUT2D eigenvalue weighted by Crippen LogP contribution is -2.15. The summed E-state index contributed by atoms with van der Waals surface area (Å²) >= 11 is 0. The van der Waals surface area contributed by atoms with E-state index in [2.05, 4.69) is 25.4 Å². The summed E-state index contributed by atoms with van der Waals surface area (Å²) in [5.41, 5.74) is 6.71. The Hall–Kier alpha value is -1.48. The number of benzene rings is 1. The quantitative estimate of drug-likeness (QED) is 0.430. The number of hydroxylamine groups is 1. The first-order valence-corrected chi connectivity index (χ1v) is 8.52. The van der Waals surface area contributed by atoms with Gasteiger partial charge in [0.25, 0.3) is 0 Å². The molecule has 0 fully saturated rings. The van der Waals surface area contributed by atoms with Gasteiger partial charge in [0.1, 0.15) is 5.75 Å². The summed E-state index contributed by atoms with van der Waals surface area (Å²) in [7, 11) is 1.76. The predicted molar refractivity (Wildman–Crippen MR) is 91.4 cm³/mol. The van der Waals surface area contributed by atoms with E-state index in [1.54, 1.807) is 13.1 Å². The van der Waals surface area contributed by atoms with Gasteiger partial charge in [-0.15, -0.1) is 0 Å². The van der Waals surface area contributed by atoms with Crippen molar-refractivity contribution in [3.63, 3.8) is 0 Å². The number of aromatic hydroxyl groups is 1. The van der Waals surface area contributed by atoms with E-state index in [0.717, 1.165) is 25.0 Å². The van der Waals surface area contributed by atoms with E-state index in [0.29, 0.717) is 5.92 Å². The Morgan fingerprint density at radius 1 is 1.32 bits per heavy atom. The van der Waals surface area contributed by atoms with E-state index in [-0.39, 0.29) is 5.75 Å². The Balaban J connectivity index is 2.39. The van der Waals surface area contributed by atoms with Gasteiger partial charge in [0.15, 0.2) is 5.75 Å². The highest BCUT2D eigenvalue weighted by Crippen LogP contribution is 2.40. The number of phenolic OH excluding ortho intramolecular Hbond substituents is 1. The maximum atomic E-state index is 10.0. The van der Waals surface area contributed by atoms with Crippen LogP contribution in [0, 0.1) is 0 Å². The third kappa shape index (κ3) is 4.26. The summed E-state index contributed by atoms with van der Waals surface area (Å²) in [5, 5.41) is 10.0. The SMILES string of the molecule is CCCCCc1cc(O)cc(ONC)c1C1C=C(C)CCC1. The minimum absolute atomic E-state index is 0.289. The number of aryl methyl sites for hydroxylation is 1. The second-order valence-corrected chi connectivity index (χ2v) is 6.29. The molecule has 22 heavy (non-hydrogen) atoms. The Labute approximate surface area is 134 Å². The minimum atomic E-state index is 0.289. The molecule has 1 aromatic carbocycles. The maximum Gasteiger partial charge on any atom is 0.154 e. The van der Waals surface area contributed by atoms with Crippen molar-refractivity contribution >= 4 is 0 Å². The van der Waals surface area contributed by atoms with Gasteiger partial charge in [0, 0.05) is 24.6 Å². The first kappa shape index (κ1) is 16.9. The van der Waals surface area contributed by atoms with Crippen LogP contribution in [0.1, 0.15) is 69.4 Å². The van der Waals surface area contributed by atoms with Gasteiger partial charge in [-0.3, -0.25) is 0 Å². The van der Waals surface area contributed by atoms with Crippen molar-refractivity contribution < 1.29 is 9.94 Å². The number of hydrogen-bond acceptors (Lipinski definition) is 3. The van der Waals surface area contributed by atoms with Crippen LogP contribution in [0.5, 0.6) is 11.5 Å². The van der Waals surface area contributed by atoms with E-state index in [1.165, 1.54) is 42.4 Å². The Kier molecular flexibility index (Phi) is 6.32. The summed E-state index contributed by atoms with van der Waals surface area (Å²) in [6.07, 6.45) is 10.5. The summed E-state index contributed by atoms with van der Waals surface area (Å²) in [5.74, 6) is 1.45. The molecule has 0 heterocycles. The van der Waals surface area contributed by atoms with Gasteiger partial charge in [-0.05, 0) is 50.7 Å². The zero-order valence-corrected chi connectivity index (χ0v) is 14.1. The summed E-state index contributed by atoms with van der Waals surface area (Å²) < 4.78 is 0. The molecule has 1 unspecified atom stereocenters. The second-order valence-electron chi connectivity index (χ2n) is 6.29. The number of nitrogens with one attached hydrogen (secondary N) is 1. The van der Waals surface area contributed by atoms with Gasteiger partial charge < -0.3 is 9.94 Å². The molecular weight excluding hydrogens is 274 g/mol. The molecule has 0 amide bonds. The molecule has 0 radical (unpaired) electrons. The van der Waals surface area contributed by atoms with Crippen molar-refractivity contribution in [3.8, 4) is 11.5 Å². The lowest BCUT2D eigenvalue weighted by atomic mass is 9.82. The van der Waals surface area contributed by atoms with E-state index in [1.807, 2.05) is 6.07 Å². The highest BCUT2D eigenvalue weighted by atomic mass is 16.6. The monoisotopic (exact) mass is 303 g/mol. The Morgan fingerprint density at radius 2 is 2.14 bits per heavy atom. The number of phenols is 1. The van der Waals surface area contributed by atoms with Crippen molar-refractivity contribution in [2.75, 3.05) is 7.05 Å². The third-order valence-corrected chi connectivity index (χ3v) is 4.42. The molecule has 2 N–H and O–H groups in total. The molecule has 0 aromatic heterocycles. The number of hydrogen-bond donors (Lipinski definition) is 2. The van der Waals surface area contributed by atoms with Crippen LogP contribution in [-0.4, -0.2) is 12.2 Å². The zero-order valence-electron chi connectivity index (χ0n) is 14.1. The molecule has 1 atom stereocenters. The fourth-order valence-electron chi connectivity index (χ4n) is 3.39. The molecule has 1 aromatic rings. The number of unbranched alkanes of at least 4 members (excludes halogenated alkanes) is 2. The highest BCUT2D eigenvalue weighted by Gasteiger charge is 2.22. The van der Waals surface area contributed by atoms with Crippen LogP contribution < -0.4 is 10.3 Å². The summed E-state index contributed by atoms with van der Waals surface area (Å²) in [6.45, 7) is 4.42. The molecule has 0 bridgehead atoms. The molecule has 1 aliphatic carbocycles. The standard InChI is InChI=1S/C19H29NO2/c1-4-5-6-9-16-12-17(21)13-18(22-20-3)19(16)15-10-7-8-14(2)11-15/h11-13,15,20-21H,4-10H2,1-3H3. The zero-order chi connectivity index (χ0) is 15.9. The largest absolute Gasteiger partial charge is 0.508 e. The summed E-state index contributed by atoms with van der Waals surface area (Å²) in [6, 6.07) is 3.65. The van der Waals surface area contributed by atoms with E-state index in [4.69, 9.17) is 4.84 Å². The smallest absolute Gasteiger partial charge is 0.154 e. The average Bonchev–Trinajstić information content (AvgIpc) is 2.47. The average molecular weight is 303 g/mol. The Bertz CT molecular complexity index is 522. The lowest BCUT2D eigenvalue weighted by Gasteiger charge is -2.25. The fraction of sp³-hybridized carbons (Fsp3) is 0.579. The molecule has 3 heteroatoms. The van der Waals surface area contributed by atoms with Crippen molar-refractivity contribution in [2.24, 2.45) is 0 Å². The van der Waals surface area contributed by atoms with Crippen molar-refractivity contribution in [1.82, 2.24) is 5.48 Å². The van der Waals surface area contributed by atoms with Gasteiger partial charge >= 0.3 is 0 Å². The molecule has 122 valence electrons. The van der Waals surface area contributed by atoms with Crippen LogP contribution in [0.4, 0.5) is 0 Å². The topological polar surface area (TPSA) is 41.5 Å². The summed E-state index contributed by atoms with van der Waals surface area (Å²) in [4.78, 5) is 5.61. The van der Waals surface area contributed by atoms with Crippen LogP contribution in [0.15, 0.2) is 23.8 Å². The maximum absolute atomic E-state index is 10.0. The lowest BCUT2D eigenvalue weighted by molar-refractivity contribution is 0.219. The molecule has 1 aliphatic rings.